The highest BCUT2D eigenvalue weighted by molar-refractivity contribution is 7.88. The van der Waals surface area contributed by atoms with Crippen LogP contribution in [0.3, 0.4) is 0 Å². The topological polar surface area (TPSA) is 120 Å². The summed E-state index contributed by atoms with van der Waals surface area (Å²) in [5, 5.41) is 20.7. The molecule has 2 aromatic rings. The van der Waals surface area contributed by atoms with Crippen molar-refractivity contribution >= 4 is 32.4 Å². The first-order valence-corrected chi connectivity index (χ1v) is 9.34. The molecular formula is C15H15N5O4S. The maximum Gasteiger partial charge on any atom is 0.270 e. The zero-order chi connectivity index (χ0) is 18.2. The number of nitrogens with zero attached hydrogens (tertiary/aromatic N) is 5. The fourth-order valence-electron chi connectivity index (χ4n) is 2.82. The molecule has 0 bridgehead atoms. The minimum absolute atomic E-state index is 0.0969. The molecule has 0 atom stereocenters. The van der Waals surface area contributed by atoms with Crippen LogP contribution in [0.1, 0.15) is 5.56 Å². The summed E-state index contributed by atoms with van der Waals surface area (Å²) >= 11 is 0. The number of non-ortho nitro benzene ring substituents is 1. The van der Waals surface area contributed by atoms with Gasteiger partial charge in [0.25, 0.3) is 5.69 Å². The Labute approximate surface area is 144 Å². The van der Waals surface area contributed by atoms with Crippen LogP contribution < -0.4 is 4.90 Å². The van der Waals surface area contributed by atoms with Gasteiger partial charge in [0, 0.05) is 43.7 Å². The number of hydrogen-bond acceptors (Lipinski definition) is 7. The SMILES string of the molecule is CS(=O)(=O)N1CCN(c2cc(C#N)c3cc([N+](=O)[O-])ccc3n2)CC1. The van der Waals surface area contributed by atoms with Crippen molar-refractivity contribution in [1.82, 2.24) is 9.29 Å². The fraction of sp³-hybridized carbons (Fsp3) is 0.333. The largest absolute Gasteiger partial charge is 0.354 e. The molecule has 1 fully saturated rings. The van der Waals surface area contributed by atoms with Crippen molar-refractivity contribution in [3.05, 3.63) is 39.9 Å². The molecule has 1 aliphatic rings. The van der Waals surface area contributed by atoms with Gasteiger partial charge >= 0.3 is 0 Å². The van der Waals surface area contributed by atoms with E-state index in [1.165, 1.54) is 28.8 Å². The summed E-state index contributed by atoms with van der Waals surface area (Å²) in [5.41, 5.74) is 0.694. The van der Waals surface area contributed by atoms with Crippen LogP contribution in [0.15, 0.2) is 24.3 Å². The first-order chi connectivity index (χ1) is 11.8. The number of pyridine rings is 1. The summed E-state index contributed by atoms with van der Waals surface area (Å²) in [4.78, 5) is 16.8. The van der Waals surface area contributed by atoms with Crippen LogP contribution >= 0.6 is 0 Å². The molecule has 0 saturated carbocycles. The van der Waals surface area contributed by atoms with Gasteiger partial charge in [0.2, 0.25) is 10.0 Å². The van der Waals surface area contributed by atoms with Gasteiger partial charge in [0.05, 0.1) is 28.3 Å². The Morgan fingerprint density at radius 3 is 2.48 bits per heavy atom. The number of sulfonamides is 1. The Hall–Kier alpha value is -2.77. The predicted octanol–water partition coefficient (Wildman–Crippen LogP) is 1.10. The van der Waals surface area contributed by atoms with E-state index in [1.54, 1.807) is 6.07 Å². The summed E-state index contributed by atoms with van der Waals surface area (Å²) in [7, 11) is -3.22. The van der Waals surface area contributed by atoms with Crippen molar-refractivity contribution in [1.29, 1.82) is 5.26 Å². The molecule has 130 valence electrons. The quantitative estimate of drug-likeness (QED) is 0.593. The lowest BCUT2D eigenvalue weighted by Crippen LogP contribution is -2.48. The van der Waals surface area contributed by atoms with Crippen LogP contribution in [0.25, 0.3) is 10.9 Å². The van der Waals surface area contributed by atoms with Crippen molar-refractivity contribution < 1.29 is 13.3 Å². The molecule has 25 heavy (non-hydrogen) atoms. The number of nitro groups is 1. The summed E-state index contributed by atoms with van der Waals surface area (Å²) in [5.74, 6) is 0.561. The van der Waals surface area contributed by atoms with E-state index in [1.807, 2.05) is 4.90 Å². The van der Waals surface area contributed by atoms with Gasteiger partial charge in [-0.15, -0.1) is 0 Å². The first kappa shape index (κ1) is 17.1. The van der Waals surface area contributed by atoms with E-state index in [2.05, 4.69) is 11.1 Å². The van der Waals surface area contributed by atoms with Crippen molar-refractivity contribution in [3.8, 4) is 6.07 Å². The molecule has 1 aliphatic heterocycles. The Kier molecular flexibility index (Phi) is 4.28. The Bertz CT molecular complexity index is 991. The second-order valence-electron chi connectivity index (χ2n) is 5.75. The number of piperazine rings is 1. The van der Waals surface area contributed by atoms with Crippen molar-refractivity contribution in [2.45, 2.75) is 0 Å². The monoisotopic (exact) mass is 361 g/mol. The molecule has 0 radical (unpaired) electrons. The van der Waals surface area contributed by atoms with E-state index in [9.17, 15) is 23.8 Å². The normalized spacial score (nSPS) is 15.9. The van der Waals surface area contributed by atoms with Crippen molar-refractivity contribution in [2.24, 2.45) is 0 Å². The van der Waals surface area contributed by atoms with Crippen LogP contribution in [0.2, 0.25) is 0 Å². The minimum atomic E-state index is -3.22. The number of benzene rings is 1. The van der Waals surface area contributed by atoms with Gasteiger partial charge in [-0.2, -0.15) is 9.57 Å². The molecule has 9 nitrogen and oxygen atoms in total. The minimum Gasteiger partial charge on any atom is -0.354 e. The van der Waals surface area contributed by atoms with Crippen LogP contribution in [0.4, 0.5) is 11.5 Å². The maximum absolute atomic E-state index is 11.6. The van der Waals surface area contributed by atoms with Crippen LogP contribution in [-0.2, 0) is 10.0 Å². The van der Waals surface area contributed by atoms with Gasteiger partial charge in [-0.3, -0.25) is 10.1 Å². The molecule has 1 aromatic heterocycles. The number of nitro benzene ring substituents is 1. The lowest BCUT2D eigenvalue weighted by atomic mass is 10.1. The third-order valence-electron chi connectivity index (χ3n) is 4.14. The molecule has 2 heterocycles. The number of rotatable bonds is 3. The van der Waals surface area contributed by atoms with Gasteiger partial charge in [-0.1, -0.05) is 0 Å². The van der Waals surface area contributed by atoms with Gasteiger partial charge in [0.15, 0.2) is 0 Å². The van der Waals surface area contributed by atoms with Crippen molar-refractivity contribution in [3.63, 3.8) is 0 Å². The average Bonchev–Trinajstić information content (AvgIpc) is 2.59. The zero-order valence-corrected chi connectivity index (χ0v) is 14.2. The second-order valence-corrected chi connectivity index (χ2v) is 7.73. The first-order valence-electron chi connectivity index (χ1n) is 7.49. The second kappa shape index (κ2) is 6.27. The standard InChI is InChI=1S/C15H15N5O4S/c1-25(23,24)19-6-4-18(5-7-19)15-8-11(10-16)13-9-12(20(21)22)2-3-14(13)17-15/h2-3,8-9H,4-7H2,1H3. The summed E-state index contributed by atoms with van der Waals surface area (Å²) in [6.45, 7) is 1.62. The van der Waals surface area contributed by atoms with Gasteiger partial charge < -0.3 is 4.90 Å². The van der Waals surface area contributed by atoms with Crippen molar-refractivity contribution in [2.75, 3.05) is 37.3 Å². The van der Waals surface area contributed by atoms with E-state index in [0.717, 1.165) is 0 Å². The lowest BCUT2D eigenvalue weighted by molar-refractivity contribution is -0.384. The number of aromatic nitrogens is 1. The molecule has 3 rings (SSSR count). The molecule has 0 N–H and O–H groups in total. The smallest absolute Gasteiger partial charge is 0.270 e. The van der Waals surface area contributed by atoms with Gasteiger partial charge in [-0.05, 0) is 12.1 Å². The summed E-state index contributed by atoms with van der Waals surface area (Å²) in [6, 6.07) is 7.85. The number of nitriles is 1. The van der Waals surface area contributed by atoms with Gasteiger partial charge in [0.1, 0.15) is 5.82 Å². The van der Waals surface area contributed by atoms with Crippen LogP contribution in [-0.4, -0.2) is 55.1 Å². The third kappa shape index (κ3) is 3.38. The molecule has 0 amide bonds. The van der Waals surface area contributed by atoms with Crippen LogP contribution in [0.5, 0.6) is 0 Å². The summed E-state index contributed by atoms with van der Waals surface area (Å²) < 4.78 is 24.6. The molecule has 0 aliphatic carbocycles. The Morgan fingerprint density at radius 2 is 1.92 bits per heavy atom. The van der Waals surface area contributed by atoms with Gasteiger partial charge in [-0.25, -0.2) is 13.4 Å². The Morgan fingerprint density at radius 1 is 1.24 bits per heavy atom. The fourth-order valence-corrected chi connectivity index (χ4v) is 3.64. The average molecular weight is 361 g/mol. The lowest BCUT2D eigenvalue weighted by Gasteiger charge is -2.34. The molecular weight excluding hydrogens is 346 g/mol. The molecule has 1 aromatic carbocycles. The number of fused-ring (bicyclic) bond motifs is 1. The summed E-state index contributed by atoms with van der Waals surface area (Å²) in [6.07, 6.45) is 1.18. The van der Waals surface area contributed by atoms with E-state index >= 15 is 0 Å². The Balaban J connectivity index is 1.95. The molecule has 0 unspecified atom stereocenters. The van der Waals surface area contributed by atoms with E-state index in [0.29, 0.717) is 48.5 Å². The van der Waals surface area contributed by atoms with Crippen LogP contribution in [0, 0.1) is 21.4 Å². The van der Waals surface area contributed by atoms with E-state index in [4.69, 9.17) is 0 Å². The highest BCUT2D eigenvalue weighted by Gasteiger charge is 2.24. The highest BCUT2D eigenvalue weighted by atomic mass is 32.2. The van der Waals surface area contributed by atoms with E-state index < -0.39 is 14.9 Å². The highest BCUT2D eigenvalue weighted by Crippen LogP contribution is 2.27. The molecule has 1 saturated heterocycles. The predicted molar refractivity (Wildman–Crippen MR) is 91.7 cm³/mol. The number of anilines is 1. The maximum atomic E-state index is 11.6. The number of hydrogen-bond donors (Lipinski definition) is 0. The zero-order valence-electron chi connectivity index (χ0n) is 13.4. The molecule has 0 spiro atoms. The van der Waals surface area contributed by atoms with E-state index in [-0.39, 0.29) is 5.69 Å². The molecule has 10 heteroatoms. The third-order valence-corrected chi connectivity index (χ3v) is 5.44.